The number of unbranched alkanes of at least 4 members (excludes halogenated alkanes) is 1. The molecular weight excluding hydrogens is 616 g/mol. The molecule has 2 saturated heterocycles. The molecule has 6 rings (SSSR count). The lowest BCUT2D eigenvalue weighted by Gasteiger charge is -2.41. The summed E-state index contributed by atoms with van der Waals surface area (Å²) in [4.78, 5) is 25.9. The number of nitrogens with one attached hydrogen (secondary N) is 1. The smallest absolute Gasteiger partial charge is 0.303 e. The van der Waals surface area contributed by atoms with E-state index in [0.717, 1.165) is 52.9 Å². The normalized spacial score (nSPS) is 26.4. The average molecular weight is 669 g/mol. The van der Waals surface area contributed by atoms with Crippen molar-refractivity contribution in [3.05, 3.63) is 95.1 Å². The fourth-order valence-corrected chi connectivity index (χ4v) is 8.70. The lowest BCUT2D eigenvalue weighted by atomic mass is 9.65. The largest absolute Gasteiger partial charge is 0.481 e. The van der Waals surface area contributed by atoms with Gasteiger partial charge in [-0.3, -0.25) is 14.5 Å². The van der Waals surface area contributed by atoms with Crippen LogP contribution in [0.4, 0.5) is 0 Å². The molecule has 1 aliphatic carbocycles. The number of amides is 1. The number of carboxylic acids is 1. The van der Waals surface area contributed by atoms with Crippen LogP contribution in [0.3, 0.4) is 0 Å². The molecule has 49 heavy (non-hydrogen) atoms. The Hall–Kier alpha value is -3.56. The van der Waals surface area contributed by atoms with Crippen LogP contribution in [0.1, 0.15) is 107 Å². The number of ether oxygens (including phenoxy) is 2. The van der Waals surface area contributed by atoms with E-state index in [0.29, 0.717) is 42.7 Å². The van der Waals surface area contributed by atoms with E-state index < -0.39 is 12.3 Å². The van der Waals surface area contributed by atoms with E-state index >= 15 is 0 Å². The Morgan fingerprint density at radius 3 is 2.35 bits per heavy atom. The molecule has 8 heteroatoms. The zero-order chi connectivity index (χ0) is 34.6. The van der Waals surface area contributed by atoms with E-state index in [4.69, 9.17) is 14.6 Å². The van der Waals surface area contributed by atoms with Gasteiger partial charge in [0.1, 0.15) is 0 Å². The van der Waals surface area contributed by atoms with E-state index in [1.165, 1.54) is 19.3 Å². The number of likely N-dealkylation sites (tertiary alicyclic amines) is 1. The summed E-state index contributed by atoms with van der Waals surface area (Å²) in [5, 5.41) is 21.4. The summed E-state index contributed by atoms with van der Waals surface area (Å²) >= 11 is 0. The lowest BCUT2D eigenvalue weighted by molar-refractivity contribution is -0.253. The van der Waals surface area contributed by atoms with Crippen LogP contribution in [0, 0.1) is 10.8 Å². The molecule has 3 aromatic rings. The highest BCUT2D eigenvalue weighted by Crippen LogP contribution is 2.53. The summed E-state index contributed by atoms with van der Waals surface area (Å²) in [5.41, 5.74) is 6.75. The first-order chi connectivity index (χ1) is 23.5. The molecule has 3 fully saturated rings. The van der Waals surface area contributed by atoms with Crippen molar-refractivity contribution in [3.63, 3.8) is 0 Å². The summed E-state index contributed by atoms with van der Waals surface area (Å²) in [5.74, 6) is -0.912. The number of rotatable bonds is 13. The predicted octanol–water partition coefficient (Wildman–Crippen LogP) is 7.55. The summed E-state index contributed by atoms with van der Waals surface area (Å²) in [6, 6.07) is 25.1. The minimum absolute atomic E-state index is 0.0143. The summed E-state index contributed by atoms with van der Waals surface area (Å²) < 4.78 is 13.4. The molecule has 0 radical (unpaired) electrons. The Kier molecular flexibility index (Phi) is 10.9. The van der Waals surface area contributed by atoms with Crippen LogP contribution in [0.2, 0.25) is 0 Å². The topological polar surface area (TPSA) is 108 Å². The fourth-order valence-electron chi connectivity index (χ4n) is 8.70. The van der Waals surface area contributed by atoms with Crippen molar-refractivity contribution >= 4 is 11.9 Å². The van der Waals surface area contributed by atoms with Crippen molar-refractivity contribution in [1.82, 2.24) is 10.2 Å². The predicted molar refractivity (Wildman–Crippen MR) is 189 cm³/mol. The number of aliphatic hydroxyl groups is 1. The third kappa shape index (κ3) is 8.97. The standard InChI is InChI=1S/C41H52N2O6/c1-40(2)21-33-22-41(3,26-40)27-43(33)24-34-20-36(30-14-12-28(25-44)13-15-30)49-39(48-34)31-18-16-29(17-19-31)35-9-5-4-8-32(35)23-42-37(45)10-6-7-11-38(46)47/h4-5,8-9,12-19,33-34,36,39,44H,6-7,10-11,20-27H2,1-3H3,(H,42,45)(H,46,47). The first kappa shape index (κ1) is 35.3. The highest BCUT2D eigenvalue weighted by molar-refractivity contribution is 5.76. The Bertz CT molecular complexity index is 1590. The molecule has 0 spiro atoms. The molecule has 262 valence electrons. The van der Waals surface area contributed by atoms with Crippen molar-refractivity contribution in [3.8, 4) is 11.1 Å². The molecule has 2 heterocycles. The van der Waals surface area contributed by atoms with Crippen molar-refractivity contribution < 1.29 is 29.3 Å². The minimum atomic E-state index is -0.835. The molecule has 5 atom stereocenters. The third-order valence-corrected chi connectivity index (χ3v) is 10.6. The second kappa shape index (κ2) is 15.1. The number of aliphatic carboxylic acids is 1. The first-order valence-electron chi connectivity index (χ1n) is 17.9. The Morgan fingerprint density at radius 2 is 1.61 bits per heavy atom. The number of carbonyl (C=O) groups is 2. The number of carboxylic acid groups (broad SMARTS) is 1. The van der Waals surface area contributed by atoms with E-state index in [1.54, 1.807) is 0 Å². The molecule has 1 amide bonds. The van der Waals surface area contributed by atoms with Gasteiger partial charge in [-0.2, -0.15) is 0 Å². The van der Waals surface area contributed by atoms with Gasteiger partial charge >= 0.3 is 5.97 Å². The Balaban J connectivity index is 1.16. The van der Waals surface area contributed by atoms with E-state index in [-0.39, 0.29) is 31.1 Å². The van der Waals surface area contributed by atoms with Crippen molar-refractivity contribution in [2.45, 2.75) is 110 Å². The minimum Gasteiger partial charge on any atom is -0.481 e. The summed E-state index contributed by atoms with van der Waals surface area (Å²) in [7, 11) is 0. The number of hydrogen-bond donors (Lipinski definition) is 3. The second-order valence-electron chi connectivity index (χ2n) is 15.7. The average Bonchev–Trinajstić information content (AvgIpc) is 3.32. The third-order valence-electron chi connectivity index (χ3n) is 10.6. The van der Waals surface area contributed by atoms with E-state index in [1.807, 2.05) is 30.3 Å². The molecule has 0 aromatic heterocycles. The maximum atomic E-state index is 12.4. The van der Waals surface area contributed by atoms with Gasteiger partial charge in [0.15, 0.2) is 6.29 Å². The SMILES string of the molecule is CC1(C)CC2CC(C)(CN2CC2CC(c3ccc(CO)cc3)OC(c3ccc(-c4ccccc4CNC(=O)CCCCC(=O)O)cc3)O2)C1. The number of fused-ring (bicyclic) bond motifs is 2. The molecule has 2 bridgehead atoms. The number of carbonyl (C=O) groups excluding carboxylic acids is 1. The van der Waals surface area contributed by atoms with Crippen LogP contribution in [0.5, 0.6) is 0 Å². The summed E-state index contributed by atoms with van der Waals surface area (Å²) in [6.45, 7) is 9.70. The zero-order valence-corrected chi connectivity index (χ0v) is 29.2. The highest BCUT2D eigenvalue weighted by atomic mass is 16.7. The van der Waals surface area contributed by atoms with Gasteiger partial charge in [-0.25, -0.2) is 0 Å². The quantitative estimate of drug-likeness (QED) is 0.161. The maximum absolute atomic E-state index is 12.4. The Morgan fingerprint density at radius 1 is 0.898 bits per heavy atom. The van der Waals surface area contributed by atoms with Crippen molar-refractivity contribution in [2.75, 3.05) is 13.1 Å². The van der Waals surface area contributed by atoms with Crippen LogP contribution in [-0.2, 0) is 32.2 Å². The number of aliphatic hydroxyl groups excluding tert-OH is 1. The number of hydrogen-bond acceptors (Lipinski definition) is 6. The van der Waals surface area contributed by atoms with Crippen LogP contribution >= 0.6 is 0 Å². The van der Waals surface area contributed by atoms with Gasteiger partial charge in [0.05, 0.1) is 18.8 Å². The zero-order valence-electron chi connectivity index (χ0n) is 29.2. The van der Waals surface area contributed by atoms with E-state index in [9.17, 15) is 14.7 Å². The molecule has 2 aliphatic heterocycles. The summed E-state index contributed by atoms with van der Waals surface area (Å²) in [6.07, 6.45) is 5.34. The van der Waals surface area contributed by atoms with Crippen LogP contribution in [-0.4, -0.2) is 52.2 Å². The molecule has 5 unspecified atom stereocenters. The first-order valence-corrected chi connectivity index (χ1v) is 17.9. The van der Waals surface area contributed by atoms with Gasteiger partial charge in [0, 0.05) is 50.5 Å². The molecule has 8 nitrogen and oxygen atoms in total. The molecule has 3 aliphatic rings. The van der Waals surface area contributed by atoms with Gasteiger partial charge < -0.3 is 25.0 Å². The van der Waals surface area contributed by atoms with Gasteiger partial charge in [-0.1, -0.05) is 93.6 Å². The van der Waals surface area contributed by atoms with E-state index in [2.05, 4.69) is 73.5 Å². The van der Waals surface area contributed by atoms with Gasteiger partial charge in [0.2, 0.25) is 5.91 Å². The van der Waals surface area contributed by atoms with Crippen molar-refractivity contribution in [1.29, 1.82) is 0 Å². The fraction of sp³-hybridized carbons (Fsp3) is 0.512. The van der Waals surface area contributed by atoms with Crippen LogP contribution < -0.4 is 5.32 Å². The van der Waals surface area contributed by atoms with Crippen LogP contribution in [0.25, 0.3) is 11.1 Å². The molecule has 3 N–H and O–H groups in total. The van der Waals surface area contributed by atoms with Gasteiger partial charge in [-0.15, -0.1) is 0 Å². The van der Waals surface area contributed by atoms with Crippen molar-refractivity contribution in [2.24, 2.45) is 10.8 Å². The molecular formula is C41H52N2O6. The second-order valence-corrected chi connectivity index (χ2v) is 15.7. The van der Waals surface area contributed by atoms with Crippen LogP contribution in [0.15, 0.2) is 72.8 Å². The number of benzene rings is 3. The maximum Gasteiger partial charge on any atom is 0.303 e. The monoisotopic (exact) mass is 668 g/mol. The molecule has 1 saturated carbocycles. The highest BCUT2D eigenvalue weighted by Gasteiger charge is 2.50. The lowest BCUT2D eigenvalue weighted by Crippen LogP contribution is -2.42. The van der Waals surface area contributed by atoms with Gasteiger partial charge in [0.25, 0.3) is 0 Å². The number of nitrogens with zero attached hydrogens (tertiary/aromatic N) is 1. The Labute approximate surface area is 290 Å². The molecule has 3 aromatic carbocycles. The van der Waals surface area contributed by atoms with Gasteiger partial charge in [-0.05, 0) is 70.8 Å².